The lowest BCUT2D eigenvalue weighted by molar-refractivity contribution is 0.632. The van der Waals surface area contributed by atoms with Crippen LogP contribution < -0.4 is 11.1 Å². The molecule has 3 rings (SSSR count). The second-order valence-electron chi connectivity index (χ2n) is 4.46. The van der Waals surface area contributed by atoms with E-state index in [1.54, 1.807) is 11.3 Å². The molecule has 0 fully saturated rings. The van der Waals surface area contributed by atoms with Crippen LogP contribution in [0.5, 0.6) is 0 Å². The third-order valence-electron chi connectivity index (χ3n) is 2.99. The van der Waals surface area contributed by atoms with E-state index < -0.39 is 5.82 Å². The van der Waals surface area contributed by atoms with Crippen LogP contribution in [-0.4, -0.2) is 9.97 Å². The number of halogens is 2. The molecule has 0 radical (unpaired) electrons. The molecular formula is C14H12ClFN4S. The number of thiophene rings is 1. The molecule has 0 amide bonds. The van der Waals surface area contributed by atoms with E-state index >= 15 is 0 Å². The Morgan fingerprint density at radius 1 is 1.33 bits per heavy atom. The Morgan fingerprint density at radius 3 is 2.90 bits per heavy atom. The normalized spacial score (nSPS) is 11.0. The highest BCUT2D eigenvalue weighted by Crippen LogP contribution is 2.32. The molecule has 0 bridgehead atoms. The van der Waals surface area contributed by atoms with Crippen molar-refractivity contribution in [2.75, 3.05) is 11.1 Å². The maximum absolute atomic E-state index is 13.8. The molecule has 108 valence electrons. The standard InChI is InChI=1S/C14H12ClFN4S/c1-2-8-6-9-12(19-14(17)20-13(9)21-8)18-11-5-7(15)3-4-10(11)16/h3-6H,2H2,1H3,(H3,17,18,19,20). The van der Waals surface area contributed by atoms with Crippen molar-refractivity contribution in [2.45, 2.75) is 13.3 Å². The van der Waals surface area contributed by atoms with Crippen LogP contribution in [0.3, 0.4) is 0 Å². The van der Waals surface area contributed by atoms with Crippen molar-refractivity contribution in [2.24, 2.45) is 0 Å². The highest BCUT2D eigenvalue weighted by molar-refractivity contribution is 7.18. The van der Waals surface area contributed by atoms with Crippen LogP contribution in [0.4, 0.5) is 21.8 Å². The number of nitrogens with one attached hydrogen (secondary N) is 1. The number of anilines is 3. The fourth-order valence-corrected chi connectivity index (χ4v) is 3.12. The lowest BCUT2D eigenvalue weighted by Crippen LogP contribution is -2.01. The average molecular weight is 323 g/mol. The number of fused-ring (bicyclic) bond motifs is 1. The van der Waals surface area contributed by atoms with E-state index in [2.05, 4.69) is 22.2 Å². The van der Waals surface area contributed by atoms with Crippen LogP contribution in [0.15, 0.2) is 24.3 Å². The lowest BCUT2D eigenvalue weighted by atomic mass is 10.2. The third-order valence-corrected chi connectivity index (χ3v) is 4.40. The van der Waals surface area contributed by atoms with Crippen LogP contribution in [0.2, 0.25) is 5.02 Å². The van der Waals surface area contributed by atoms with Gasteiger partial charge < -0.3 is 11.1 Å². The molecule has 3 aromatic rings. The Bertz CT molecular complexity index is 818. The minimum absolute atomic E-state index is 0.150. The number of nitrogens with zero attached hydrogens (tertiary/aromatic N) is 2. The topological polar surface area (TPSA) is 63.8 Å². The van der Waals surface area contributed by atoms with Crippen molar-refractivity contribution in [1.82, 2.24) is 9.97 Å². The summed E-state index contributed by atoms with van der Waals surface area (Å²) in [5.74, 6) is 0.224. The van der Waals surface area contributed by atoms with Crippen LogP contribution in [-0.2, 0) is 6.42 Å². The Hall–Kier alpha value is -1.92. The molecule has 0 saturated carbocycles. The Morgan fingerprint density at radius 2 is 2.14 bits per heavy atom. The van der Waals surface area contributed by atoms with E-state index in [1.807, 2.05) is 6.07 Å². The molecule has 0 atom stereocenters. The van der Waals surface area contributed by atoms with Gasteiger partial charge in [0.15, 0.2) is 0 Å². The Balaban J connectivity index is 2.11. The van der Waals surface area contributed by atoms with Crippen molar-refractivity contribution in [3.63, 3.8) is 0 Å². The van der Waals surface area contributed by atoms with Gasteiger partial charge in [0.25, 0.3) is 0 Å². The fraction of sp³-hybridized carbons (Fsp3) is 0.143. The first-order valence-corrected chi connectivity index (χ1v) is 7.54. The molecule has 7 heteroatoms. The summed E-state index contributed by atoms with van der Waals surface area (Å²) in [6, 6.07) is 6.29. The van der Waals surface area contributed by atoms with Gasteiger partial charge in [-0.1, -0.05) is 18.5 Å². The number of hydrogen-bond acceptors (Lipinski definition) is 5. The molecule has 0 aliphatic heterocycles. The molecule has 0 aliphatic rings. The zero-order valence-electron chi connectivity index (χ0n) is 11.2. The number of aryl methyl sites for hydroxylation is 1. The van der Waals surface area contributed by atoms with E-state index in [-0.39, 0.29) is 11.6 Å². The van der Waals surface area contributed by atoms with Gasteiger partial charge in [0, 0.05) is 9.90 Å². The minimum Gasteiger partial charge on any atom is -0.368 e. The Kier molecular flexibility index (Phi) is 3.65. The van der Waals surface area contributed by atoms with E-state index in [9.17, 15) is 4.39 Å². The fourth-order valence-electron chi connectivity index (χ4n) is 1.98. The minimum atomic E-state index is -0.407. The predicted molar refractivity (Wildman–Crippen MR) is 85.9 cm³/mol. The van der Waals surface area contributed by atoms with Crippen LogP contribution in [0.25, 0.3) is 10.2 Å². The molecule has 2 aromatic heterocycles. The van der Waals surface area contributed by atoms with Crippen LogP contribution in [0.1, 0.15) is 11.8 Å². The van der Waals surface area contributed by atoms with E-state index in [1.165, 1.54) is 23.1 Å². The molecule has 0 saturated heterocycles. The van der Waals surface area contributed by atoms with Gasteiger partial charge in [-0.05, 0) is 30.7 Å². The monoisotopic (exact) mass is 322 g/mol. The maximum Gasteiger partial charge on any atom is 0.223 e. The molecule has 1 aromatic carbocycles. The number of nitrogens with two attached hydrogens (primary N) is 1. The van der Waals surface area contributed by atoms with Gasteiger partial charge >= 0.3 is 0 Å². The quantitative estimate of drug-likeness (QED) is 0.751. The zero-order valence-corrected chi connectivity index (χ0v) is 12.7. The first-order valence-electron chi connectivity index (χ1n) is 6.35. The summed E-state index contributed by atoms with van der Waals surface area (Å²) in [5, 5.41) is 4.22. The van der Waals surface area contributed by atoms with Crippen molar-refractivity contribution in [1.29, 1.82) is 0 Å². The molecule has 0 unspecified atom stereocenters. The summed E-state index contributed by atoms with van der Waals surface area (Å²) < 4.78 is 13.8. The third kappa shape index (κ3) is 2.77. The second kappa shape index (κ2) is 5.46. The van der Waals surface area contributed by atoms with Crippen LogP contribution >= 0.6 is 22.9 Å². The van der Waals surface area contributed by atoms with Crippen molar-refractivity contribution in [3.8, 4) is 0 Å². The molecule has 4 nitrogen and oxygen atoms in total. The smallest absolute Gasteiger partial charge is 0.223 e. The van der Waals surface area contributed by atoms with Gasteiger partial charge in [-0.2, -0.15) is 4.98 Å². The van der Waals surface area contributed by atoms with Gasteiger partial charge in [-0.25, -0.2) is 9.37 Å². The summed E-state index contributed by atoms with van der Waals surface area (Å²) >= 11 is 7.45. The maximum atomic E-state index is 13.8. The second-order valence-corrected chi connectivity index (χ2v) is 6.02. The molecular weight excluding hydrogens is 311 g/mol. The number of benzene rings is 1. The van der Waals surface area contributed by atoms with E-state index in [4.69, 9.17) is 17.3 Å². The summed E-state index contributed by atoms with van der Waals surface area (Å²) in [6.45, 7) is 2.06. The van der Waals surface area contributed by atoms with Gasteiger partial charge in [0.05, 0.1) is 11.1 Å². The summed E-state index contributed by atoms with van der Waals surface area (Å²) in [5.41, 5.74) is 5.98. The van der Waals surface area contributed by atoms with Crippen molar-refractivity contribution >= 4 is 50.6 Å². The molecule has 3 N–H and O–H groups in total. The number of aromatic nitrogens is 2. The highest BCUT2D eigenvalue weighted by Gasteiger charge is 2.12. The van der Waals surface area contributed by atoms with Gasteiger partial charge in [-0.3, -0.25) is 0 Å². The predicted octanol–water partition coefficient (Wildman–Crippen LogP) is 4.37. The number of rotatable bonds is 3. The SMILES string of the molecule is CCc1cc2c(Nc3cc(Cl)ccc3F)nc(N)nc2s1. The van der Waals surface area contributed by atoms with Crippen molar-refractivity contribution < 1.29 is 4.39 Å². The lowest BCUT2D eigenvalue weighted by Gasteiger charge is -2.08. The van der Waals surface area contributed by atoms with Crippen LogP contribution in [0, 0.1) is 5.82 Å². The number of hydrogen-bond donors (Lipinski definition) is 2. The molecule has 0 aliphatic carbocycles. The van der Waals surface area contributed by atoms with Gasteiger partial charge in [0.2, 0.25) is 5.95 Å². The molecule has 2 heterocycles. The number of nitrogen functional groups attached to an aromatic ring is 1. The highest BCUT2D eigenvalue weighted by atomic mass is 35.5. The summed E-state index contributed by atoms with van der Waals surface area (Å²) in [4.78, 5) is 10.3. The zero-order chi connectivity index (χ0) is 15.0. The first kappa shape index (κ1) is 14.0. The average Bonchev–Trinajstić information content (AvgIpc) is 2.86. The largest absolute Gasteiger partial charge is 0.368 e. The summed E-state index contributed by atoms with van der Waals surface area (Å²) in [7, 11) is 0. The van der Waals surface area contributed by atoms with E-state index in [0.717, 1.165) is 16.6 Å². The molecule has 21 heavy (non-hydrogen) atoms. The van der Waals surface area contributed by atoms with Gasteiger partial charge in [0.1, 0.15) is 16.5 Å². The molecule has 0 spiro atoms. The van der Waals surface area contributed by atoms with E-state index in [0.29, 0.717) is 10.8 Å². The first-order chi connectivity index (χ1) is 10.1. The summed E-state index contributed by atoms with van der Waals surface area (Å²) in [6.07, 6.45) is 0.895. The van der Waals surface area contributed by atoms with Crippen molar-refractivity contribution in [3.05, 3.63) is 40.0 Å². The van der Waals surface area contributed by atoms with Gasteiger partial charge in [-0.15, -0.1) is 11.3 Å². The Labute approximate surface area is 129 Å².